The second kappa shape index (κ2) is 5.20. The minimum atomic E-state index is -0.179. The zero-order valence-electron chi connectivity index (χ0n) is 8.68. The molecule has 4 nitrogen and oxygen atoms in total. The first-order chi connectivity index (χ1) is 7.74. The van der Waals surface area contributed by atoms with E-state index in [0.29, 0.717) is 0 Å². The highest BCUT2D eigenvalue weighted by Gasteiger charge is 2.13. The Morgan fingerprint density at radius 1 is 1.25 bits per heavy atom. The van der Waals surface area contributed by atoms with E-state index in [-0.39, 0.29) is 11.4 Å². The fourth-order valence-corrected chi connectivity index (χ4v) is 1.20. The molecule has 4 heteroatoms. The maximum atomic E-state index is 8.72. The Morgan fingerprint density at radius 2 is 1.81 bits per heavy atom. The SMILES string of the molecule is [C-]#[N+]C(=C(C#N)C#N)N(C)c1ccccc1. The molecule has 0 radical (unpaired) electrons. The van der Waals surface area contributed by atoms with Gasteiger partial charge < -0.3 is 4.85 Å². The quantitative estimate of drug-likeness (QED) is 0.553. The summed E-state index contributed by atoms with van der Waals surface area (Å²) in [4.78, 5) is 4.74. The number of nitriles is 2. The fraction of sp³-hybridized carbons (Fsp3) is 0.0833. The molecule has 76 valence electrons. The standard InChI is InChI=1S/C12H8N4/c1-15-12(10(8-13)9-14)16(2)11-6-4-3-5-7-11/h3-7H,2H3. The van der Waals surface area contributed by atoms with Crippen LogP contribution in [0, 0.1) is 29.2 Å². The van der Waals surface area contributed by atoms with Crippen molar-refractivity contribution in [1.29, 1.82) is 10.5 Å². The molecule has 1 aromatic rings. The lowest BCUT2D eigenvalue weighted by Gasteiger charge is -2.14. The van der Waals surface area contributed by atoms with Gasteiger partial charge in [-0.2, -0.15) is 10.5 Å². The lowest BCUT2D eigenvalue weighted by atomic mass is 10.2. The monoisotopic (exact) mass is 208 g/mol. The Morgan fingerprint density at radius 3 is 2.25 bits per heavy atom. The summed E-state index contributed by atoms with van der Waals surface area (Å²) in [5.74, 6) is 0.0381. The Kier molecular flexibility index (Phi) is 3.67. The minimum absolute atomic E-state index is 0.0381. The lowest BCUT2D eigenvalue weighted by molar-refractivity contribution is 1.12. The molecule has 0 aliphatic heterocycles. The highest BCUT2D eigenvalue weighted by atomic mass is 15.2. The Labute approximate surface area is 94.1 Å². The summed E-state index contributed by atoms with van der Waals surface area (Å²) < 4.78 is 0. The molecule has 0 saturated heterocycles. The highest BCUT2D eigenvalue weighted by Crippen LogP contribution is 2.19. The summed E-state index contributed by atoms with van der Waals surface area (Å²) in [7, 11) is 1.65. The molecule has 0 aliphatic rings. The molecule has 0 aromatic heterocycles. The number of para-hydroxylation sites is 1. The lowest BCUT2D eigenvalue weighted by Crippen LogP contribution is -2.15. The third-order valence-electron chi connectivity index (χ3n) is 2.01. The first kappa shape index (κ1) is 11.3. The van der Waals surface area contributed by atoms with Crippen LogP contribution >= 0.6 is 0 Å². The van der Waals surface area contributed by atoms with Gasteiger partial charge in [0, 0.05) is 0 Å². The molecule has 1 aromatic carbocycles. The van der Waals surface area contributed by atoms with Crippen molar-refractivity contribution < 1.29 is 0 Å². The van der Waals surface area contributed by atoms with Crippen molar-refractivity contribution >= 4 is 5.69 Å². The third-order valence-corrected chi connectivity index (χ3v) is 2.01. The Hall–Kier alpha value is -2.77. The molecule has 0 N–H and O–H groups in total. The van der Waals surface area contributed by atoms with Crippen LogP contribution in [0.15, 0.2) is 41.7 Å². The van der Waals surface area contributed by atoms with Crippen molar-refractivity contribution in [3.8, 4) is 12.1 Å². The molecule has 16 heavy (non-hydrogen) atoms. The van der Waals surface area contributed by atoms with E-state index in [1.54, 1.807) is 31.3 Å². The smallest absolute Gasteiger partial charge is 0.258 e. The zero-order valence-corrected chi connectivity index (χ0v) is 8.68. The van der Waals surface area contributed by atoms with E-state index in [2.05, 4.69) is 4.85 Å². The van der Waals surface area contributed by atoms with Gasteiger partial charge >= 0.3 is 0 Å². The molecule has 0 heterocycles. The van der Waals surface area contributed by atoms with Gasteiger partial charge in [-0.15, -0.1) is 0 Å². The first-order valence-corrected chi connectivity index (χ1v) is 4.45. The van der Waals surface area contributed by atoms with Crippen LogP contribution < -0.4 is 4.90 Å². The summed E-state index contributed by atoms with van der Waals surface area (Å²) in [6.45, 7) is 7.00. The van der Waals surface area contributed by atoms with Gasteiger partial charge in [-0.1, -0.05) is 24.8 Å². The van der Waals surface area contributed by atoms with Crippen LogP contribution in [-0.2, 0) is 0 Å². The van der Waals surface area contributed by atoms with Gasteiger partial charge in [-0.05, 0) is 12.1 Å². The predicted molar refractivity (Wildman–Crippen MR) is 59.7 cm³/mol. The van der Waals surface area contributed by atoms with Crippen molar-refractivity contribution in [1.82, 2.24) is 0 Å². The van der Waals surface area contributed by atoms with Crippen LogP contribution in [0.4, 0.5) is 5.69 Å². The van der Waals surface area contributed by atoms with Gasteiger partial charge in [0.15, 0.2) is 5.57 Å². The summed E-state index contributed by atoms with van der Waals surface area (Å²) in [5.41, 5.74) is 0.581. The number of rotatable bonds is 2. The van der Waals surface area contributed by atoms with E-state index in [0.717, 1.165) is 5.69 Å². The number of benzene rings is 1. The van der Waals surface area contributed by atoms with Crippen molar-refractivity contribution in [2.75, 3.05) is 11.9 Å². The molecule has 1 rings (SSSR count). The third kappa shape index (κ3) is 2.18. The highest BCUT2D eigenvalue weighted by molar-refractivity contribution is 5.57. The Balaban J connectivity index is 3.22. The van der Waals surface area contributed by atoms with Gasteiger partial charge in [0.2, 0.25) is 0 Å². The topological polar surface area (TPSA) is 55.2 Å². The van der Waals surface area contributed by atoms with Gasteiger partial charge in [0.05, 0.1) is 7.05 Å². The molecule has 0 fully saturated rings. The average Bonchev–Trinajstić information content (AvgIpc) is 2.36. The van der Waals surface area contributed by atoms with Gasteiger partial charge in [0.1, 0.15) is 17.8 Å². The van der Waals surface area contributed by atoms with E-state index in [1.165, 1.54) is 4.90 Å². The first-order valence-electron chi connectivity index (χ1n) is 4.45. The van der Waals surface area contributed by atoms with Gasteiger partial charge in [-0.3, -0.25) is 4.90 Å². The van der Waals surface area contributed by atoms with Crippen LogP contribution in [0.5, 0.6) is 0 Å². The summed E-state index contributed by atoms with van der Waals surface area (Å²) in [6, 6.07) is 12.5. The fourth-order valence-electron chi connectivity index (χ4n) is 1.20. The van der Waals surface area contributed by atoms with E-state index >= 15 is 0 Å². The summed E-state index contributed by atoms with van der Waals surface area (Å²) in [6.07, 6.45) is 0. The second-order valence-electron chi connectivity index (χ2n) is 2.93. The van der Waals surface area contributed by atoms with Crippen molar-refractivity contribution in [3.05, 3.63) is 53.1 Å². The van der Waals surface area contributed by atoms with Crippen LogP contribution in [0.3, 0.4) is 0 Å². The van der Waals surface area contributed by atoms with Crippen LogP contribution in [0.1, 0.15) is 0 Å². The van der Waals surface area contributed by atoms with E-state index in [1.807, 2.05) is 18.2 Å². The summed E-state index contributed by atoms with van der Waals surface area (Å²) in [5, 5.41) is 17.4. The van der Waals surface area contributed by atoms with Crippen molar-refractivity contribution in [3.63, 3.8) is 0 Å². The van der Waals surface area contributed by atoms with Gasteiger partial charge in [0.25, 0.3) is 5.82 Å². The molecule has 0 spiro atoms. The molecule has 0 unspecified atom stereocenters. The van der Waals surface area contributed by atoms with E-state index < -0.39 is 0 Å². The van der Waals surface area contributed by atoms with Crippen molar-refractivity contribution in [2.45, 2.75) is 0 Å². The normalized spacial score (nSPS) is 8.12. The number of anilines is 1. The minimum Gasteiger partial charge on any atom is -0.362 e. The number of nitrogens with zero attached hydrogens (tertiary/aromatic N) is 4. The largest absolute Gasteiger partial charge is 0.362 e. The van der Waals surface area contributed by atoms with Crippen LogP contribution in [-0.4, -0.2) is 7.05 Å². The summed E-state index contributed by atoms with van der Waals surface area (Å²) >= 11 is 0. The number of hydrogen-bond acceptors (Lipinski definition) is 3. The maximum Gasteiger partial charge on any atom is 0.258 e. The number of allylic oxidation sites excluding steroid dienone is 1. The van der Waals surface area contributed by atoms with Crippen LogP contribution in [0.25, 0.3) is 4.85 Å². The molecule has 0 saturated carbocycles. The molecule has 0 amide bonds. The second-order valence-corrected chi connectivity index (χ2v) is 2.93. The van der Waals surface area contributed by atoms with Crippen LogP contribution in [0.2, 0.25) is 0 Å². The molecule has 0 aliphatic carbocycles. The predicted octanol–water partition coefficient (Wildman–Crippen LogP) is 2.30. The maximum absolute atomic E-state index is 8.72. The Bertz CT molecular complexity index is 507. The zero-order chi connectivity index (χ0) is 12.0. The van der Waals surface area contributed by atoms with Crippen molar-refractivity contribution in [2.24, 2.45) is 0 Å². The molecule has 0 bridgehead atoms. The molecular weight excluding hydrogens is 200 g/mol. The number of hydrogen-bond donors (Lipinski definition) is 0. The molecule has 0 atom stereocenters. The van der Waals surface area contributed by atoms with E-state index in [4.69, 9.17) is 17.1 Å². The molecular formula is C12H8N4. The average molecular weight is 208 g/mol. The van der Waals surface area contributed by atoms with Gasteiger partial charge in [-0.25, -0.2) is 0 Å². The van der Waals surface area contributed by atoms with E-state index in [9.17, 15) is 0 Å².